The molecular formula is C17H31NO2. The molecule has 0 atom stereocenters. The number of hydrogen-bond donors (Lipinski definition) is 2. The summed E-state index contributed by atoms with van der Waals surface area (Å²) in [5.41, 5.74) is -0.0149. The van der Waals surface area contributed by atoms with E-state index in [9.17, 15) is 9.90 Å². The molecule has 3 nitrogen and oxygen atoms in total. The number of aliphatic hydroxyl groups excluding tert-OH is 1. The molecule has 0 radical (unpaired) electrons. The molecule has 0 spiro atoms. The van der Waals surface area contributed by atoms with Gasteiger partial charge in [-0.3, -0.25) is 4.79 Å². The molecule has 1 amide bonds. The van der Waals surface area contributed by atoms with Gasteiger partial charge in [0.2, 0.25) is 5.91 Å². The molecule has 0 aromatic heterocycles. The fourth-order valence-corrected chi connectivity index (χ4v) is 3.92. The first-order valence-corrected chi connectivity index (χ1v) is 8.62. The first-order chi connectivity index (χ1) is 9.74. The summed E-state index contributed by atoms with van der Waals surface area (Å²) in [5, 5.41) is 12.6. The lowest BCUT2D eigenvalue weighted by Crippen LogP contribution is -2.38. The van der Waals surface area contributed by atoms with E-state index in [2.05, 4.69) is 5.32 Å². The lowest BCUT2D eigenvalue weighted by molar-refractivity contribution is -0.121. The Bertz CT molecular complexity index is 291. The van der Waals surface area contributed by atoms with E-state index in [0.717, 1.165) is 25.2 Å². The second-order valence-electron chi connectivity index (χ2n) is 7.04. The molecule has 3 heteroatoms. The number of amides is 1. The van der Waals surface area contributed by atoms with E-state index in [-0.39, 0.29) is 17.9 Å². The third kappa shape index (κ3) is 4.76. The molecule has 0 unspecified atom stereocenters. The lowest BCUT2D eigenvalue weighted by atomic mass is 9.85. The first-order valence-electron chi connectivity index (χ1n) is 8.62. The van der Waals surface area contributed by atoms with Crippen LogP contribution >= 0.6 is 0 Å². The number of carbonyl (C=O) groups is 1. The SMILES string of the molecule is O=C(CCCC1CCCCC1)NCC1(CO)CCCC1. The van der Waals surface area contributed by atoms with Crippen LogP contribution in [0.15, 0.2) is 0 Å². The molecule has 0 bridgehead atoms. The Morgan fingerprint density at radius 2 is 1.80 bits per heavy atom. The van der Waals surface area contributed by atoms with Crippen LogP contribution in [-0.4, -0.2) is 24.2 Å². The molecule has 0 heterocycles. The summed E-state index contributed by atoms with van der Waals surface area (Å²) < 4.78 is 0. The van der Waals surface area contributed by atoms with E-state index in [1.165, 1.54) is 51.4 Å². The Morgan fingerprint density at radius 1 is 1.10 bits per heavy atom. The number of aliphatic hydroxyl groups is 1. The van der Waals surface area contributed by atoms with E-state index in [4.69, 9.17) is 0 Å². The molecule has 0 aromatic rings. The Morgan fingerprint density at radius 3 is 2.45 bits per heavy atom. The normalized spacial score (nSPS) is 22.9. The van der Waals surface area contributed by atoms with Gasteiger partial charge in [-0.25, -0.2) is 0 Å². The van der Waals surface area contributed by atoms with E-state index >= 15 is 0 Å². The van der Waals surface area contributed by atoms with E-state index in [0.29, 0.717) is 13.0 Å². The lowest BCUT2D eigenvalue weighted by Gasteiger charge is -2.26. The standard InChI is InChI=1S/C17H31NO2/c19-14-17(11-4-5-12-17)13-18-16(20)10-6-9-15-7-2-1-3-8-15/h15,19H,1-14H2,(H,18,20). The summed E-state index contributed by atoms with van der Waals surface area (Å²) in [6.07, 6.45) is 14.3. The minimum absolute atomic E-state index is 0.0149. The number of nitrogens with one attached hydrogen (secondary N) is 1. The van der Waals surface area contributed by atoms with Crippen molar-refractivity contribution >= 4 is 5.91 Å². The van der Waals surface area contributed by atoms with Gasteiger partial charge in [0.1, 0.15) is 0 Å². The average molecular weight is 281 g/mol. The zero-order valence-corrected chi connectivity index (χ0v) is 12.8. The van der Waals surface area contributed by atoms with Crippen LogP contribution < -0.4 is 5.32 Å². The van der Waals surface area contributed by atoms with Gasteiger partial charge in [0.05, 0.1) is 6.61 Å². The van der Waals surface area contributed by atoms with Crippen LogP contribution in [0.25, 0.3) is 0 Å². The molecule has 2 aliphatic rings. The summed E-state index contributed by atoms with van der Waals surface area (Å²) in [5.74, 6) is 1.05. The van der Waals surface area contributed by atoms with Crippen LogP contribution in [0, 0.1) is 11.3 Å². The Labute approximate surface area is 123 Å². The first kappa shape index (κ1) is 15.8. The van der Waals surface area contributed by atoms with Crippen LogP contribution in [-0.2, 0) is 4.79 Å². The maximum atomic E-state index is 11.9. The molecule has 2 saturated carbocycles. The van der Waals surface area contributed by atoms with Crippen LogP contribution in [0.4, 0.5) is 0 Å². The Kier molecular flexibility index (Phi) is 6.34. The van der Waals surface area contributed by atoms with Gasteiger partial charge >= 0.3 is 0 Å². The van der Waals surface area contributed by atoms with Gasteiger partial charge in [-0.1, -0.05) is 44.9 Å². The van der Waals surface area contributed by atoms with Gasteiger partial charge in [-0.15, -0.1) is 0 Å². The van der Waals surface area contributed by atoms with Gasteiger partial charge < -0.3 is 10.4 Å². The van der Waals surface area contributed by atoms with Gasteiger partial charge in [-0.05, 0) is 31.6 Å². The molecule has 0 aromatic carbocycles. The monoisotopic (exact) mass is 281 g/mol. The summed E-state index contributed by atoms with van der Waals surface area (Å²) in [6, 6.07) is 0. The van der Waals surface area contributed by atoms with Crippen LogP contribution in [0.1, 0.15) is 77.0 Å². The fourth-order valence-electron chi connectivity index (χ4n) is 3.92. The third-order valence-corrected chi connectivity index (χ3v) is 5.40. The molecule has 2 rings (SSSR count). The van der Waals surface area contributed by atoms with Crippen molar-refractivity contribution in [2.45, 2.75) is 77.0 Å². The Hall–Kier alpha value is -0.570. The van der Waals surface area contributed by atoms with Crippen molar-refractivity contribution in [2.75, 3.05) is 13.2 Å². The van der Waals surface area contributed by atoms with Crippen LogP contribution in [0.5, 0.6) is 0 Å². The van der Waals surface area contributed by atoms with E-state index in [1.54, 1.807) is 0 Å². The second kappa shape index (κ2) is 8.02. The van der Waals surface area contributed by atoms with Crippen molar-refractivity contribution in [3.63, 3.8) is 0 Å². The molecule has 2 fully saturated rings. The van der Waals surface area contributed by atoms with E-state index in [1.807, 2.05) is 0 Å². The van der Waals surface area contributed by atoms with Gasteiger partial charge in [-0.2, -0.15) is 0 Å². The number of carbonyl (C=O) groups excluding carboxylic acids is 1. The minimum Gasteiger partial charge on any atom is -0.396 e. The van der Waals surface area contributed by atoms with Crippen molar-refractivity contribution in [3.8, 4) is 0 Å². The number of hydrogen-bond acceptors (Lipinski definition) is 2. The molecule has 20 heavy (non-hydrogen) atoms. The zero-order valence-electron chi connectivity index (χ0n) is 12.8. The molecule has 2 N–H and O–H groups in total. The maximum absolute atomic E-state index is 11.9. The van der Waals surface area contributed by atoms with Gasteiger partial charge in [0.25, 0.3) is 0 Å². The molecular weight excluding hydrogens is 250 g/mol. The van der Waals surface area contributed by atoms with Crippen molar-refractivity contribution in [2.24, 2.45) is 11.3 Å². The van der Waals surface area contributed by atoms with Crippen molar-refractivity contribution in [3.05, 3.63) is 0 Å². The predicted octanol–water partition coefficient (Wildman–Crippen LogP) is 3.41. The molecule has 116 valence electrons. The number of rotatable bonds is 7. The highest BCUT2D eigenvalue weighted by atomic mass is 16.3. The quantitative estimate of drug-likeness (QED) is 0.751. The second-order valence-corrected chi connectivity index (χ2v) is 7.04. The Balaban J connectivity index is 1.58. The van der Waals surface area contributed by atoms with Crippen molar-refractivity contribution in [1.82, 2.24) is 5.32 Å². The highest BCUT2D eigenvalue weighted by Gasteiger charge is 2.33. The smallest absolute Gasteiger partial charge is 0.220 e. The van der Waals surface area contributed by atoms with Crippen molar-refractivity contribution < 1.29 is 9.90 Å². The minimum atomic E-state index is -0.0149. The molecule has 2 aliphatic carbocycles. The van der Waals surface area contributed by atoms with Gasteiger partial charge in [0, 0.05) is 18.4 Å². The van der Waals surface area contributed by atoms with Gasteiger partial charge in [0.15, 0.2) is 0 Å². The average Bonchev–Trinajstić information content (AvgIpc) is 2.96. The molecule has 0 aliphatic heterocycles. The third-order valence-electron chi connectivity index (χ3n) is 5.40. The largest absolute Gasteiger partial charge is 0.396 e. The fraction of sp³-hybridized carbons (Fsp3) is 0.941. The summed E-state index contributed by atoms with van der Waals surface area (Å²) in [6.45, 7) is 0.890. The van der Waals surface area contributed by atoms with Crippen LogP contribution in [0.2, 0.25) is 0 Å². The summed E-state index contributed by atoms with van der Waals surface area (Å²) >= 11 is 0. The van der Waals surface area contributed by atoms with Crippen molar-refractivity contribution in [1.29, 1.82) is 0 Å². The van der Waals surface area contributed by atoms with E-state index < -0.39 is 0 Å². The maximum Gasteiger partial charge on any atom is 0.220 e. The molecule has 0 saturated heterocycles. The van der Waals surface area contributed by atoms with Crippen LogP contribution in [0.3, 0.4) is 0 Å². The highest BCUT2D eigenvalue weighted by Crippen LogP contribution is 2.36. The predicted molar refractivity (Wildman–Crippen MR) is 81.4 cm³/mol. The summed E-state index contributed by atoms with van der Waals surface area (Å²) in [7, 11) is 0. The summed E-state index contributed by atoms with van der Waals surface area (Å²) in [4.78, 5) is 11.9. The topological polar surface area (TPSA) is 49.3 Å². The highest BCUT2D eigenvalue weighted by molar-refractivity contribution is 5.75. The zero-order chi connectivity index (χ0) is 14.3.